The van der Waals surface area contributed by atoms with Crippen LogP contribution in [0, 0.1) is 0 Å². The molecule has 0 spiro atoms. The van der Waals surface area contributed by atoms with E-state index in [4.69, 9.17) is 0 Å². The van der Waals surface area contributed by atoms with Crippen LogP contribution in [0.1, 0.15) is 27.8 Å². The molecule has 0 saturated carbocycles. The van der Waals surface area contributed by atoms with Crippen molar-refractivity contribution in [1.29, 1.82) is 0 Å². The lowest BCUT2D eigenvalue weighted by molar-refractivity contribution is 0.0759. The van der Waals surface area contributed by atoms with E-state index in [1.165, 1.54) is 11.3 Å². The largest absolute Gasteiger partial charge is 0.387 e. The number of aliphatic hydroxyl groups is 1. The molecular formula is C18H22N2O2S. The molecule has 1 aromatic carbocycles. The highest BCUT2D eigenvalue weighted by atomic mass is 32.1. The zero-order valence-electron chi connectivity index (χ0n) is 13.1. The van der Waals surface area contributed by atoms with Crippen LogP contribution < -0.4 is 0 Å². The molecule has 1 amide bonds. The highest BCUT2D eigenvalue weighted by molar-refractivity contribution is 7.12. The molecule has 0 unspecified atom stereocenters. The average molecular weight is 330 g/mol. The molecule has 4 nitrogen and oxygen atoms in total. The summed E-state index contributed by atoms with van der Waals surface area (Å²) in [5.41, 5.74) is 0.947. The molecule has 2 heterocycles. The number of carbonyl (C=O) groups is 1. The fourth-order valence-electron chi connectivity index (χ4n) is 2.94. The van der Waals surface area contributed by atoms with Gasteiger partial charge in [-0.1, -0.05) is 36.4 Å². The fraction of sp³-hybridized carbons (Fsp3) is 0.389. The van der Waals surface area contributed by atoms with Crippen molar-refractivity contribution in [3.8, 4) is 0 Å². The van der Waals surface area contributed by atoms with Gasteiger partial charge in [0.05, 0.1) is 11.0 Å². The number of benzene rings is 1. The molecule has 2 aromatic rings. The molecule has 1 N–H and O–H groups in total. The number of hydrogen-bond acceptors (Lipinski definition) is 4. The van der Waals surface area contributed by atoms with Crippen LogP contribution in [0.5, 0.6) is 0 Å². The Morgan fingerprint density at radius 2 is 1.91 bits per heavy atom. The molecule has 122 valence electrons. The second-order valence-corrected chi connectivity index (χ2v) is 6.80. The number of nitrogens with zero attached hydrogens (tertiary/aromatic N) is 2. The van der Waals surface area contributed by atoms with Crippen LogP contribution in [0.3, 0.4) is 0 Å². The van der Waals surface area contributed by atoms with Gasteiger partial charge in [-0.3, -0.25) is 9.69 Å². The molecule has 23 heavy (non-hydrogen) atoms. The summed E-state index contributed by atoms with van der Waals surface area (Å²) in [4.78, 5) is 17.4. The van der Waals surface area contributed by atoms with Gasteiger partial charge in [-0.15, -0.1) is 11.3 Å². The summed E-state index contributed by atoms with van der Waals surface area (Å²) in [6, 6.07) is 13.6. The van der Waals surface area contributed by atoms with Gasteiger partial charge in [-0.05, 0) is 23.4 Å². The summed E-state index contributed by atoms with van der Waals surface area (Å²) in [5.74, 6) is 0.130. The third-order valence-electron chi connectivity index (χ3n) is 4.22. The van der Waals surface area contributed by atoms with Crippen LogP contribution in [0.2, 0.25) is 0 Å². The Balaban J connectivity index is 1.55. The van der Waals surface area contributed by atoms with E-state index in [0.29, 0.717) is 6.54 Å². The van der Waals surface area contributed by atoms with Crippen molar-refractivity contribution >= 4 is 17.2 Å². The van der Waals surface area contributed by atoms with Crippen molar-refractivity contribution in [2.45, 2.75) is 12.5 Å². The van der Waals surface area contributed by atoms with Crippen LogP contribution in [0.15, 0.2) is 47.8 Å². The van der Waals surface area contributed by atoms with Gasteiger partial charge in [-0.2, -0.15) is 0 Å². The van der Waals surface area contributed by atoms with Gasteiger partial charge >= 0.3 is 0 Å². The zero-order valence-corrected chi connectivity index (χ0v) is 13.9. The first kappa shape index (κ1) is 16.2. The van der Waals surface area contributed by atoms with Crippen molar-refractivity contribution in [3.05, 3.63) is 58.3 Å². The summed E-state index contributed by atoms with van der Waals surface area (Å²) < 4.78 is 0. The maximum atomic E-state index is 12.4. The second kappa shape index (κ2) is 7.73. The second-order valence-electron chi connectivity index (χ2n) is 5.85. The molecular weight excluding hydrogens is 308 g/mol. The summed E-state index contributed by atoms with van der Waals surface area (Å²) in [5, 5.41) is 12.3. The molecule has 1 aromatic heterocycles. The highest BCUT2D eigenvalue weighted by Gasteiger charge is 2.22. The van der Waals surface area contributed by atoms with Gasteiger partial charge in [0.25, 0.3) is 5.91 Å². The van der Waals surface area contributed by atoms with E-state index in [1.807, 2.05) is 52.7 Å². The van der Waals surface area contributed by atoms with Gasteiger partial charge in [0.2, 0.25) is 0 Å². The molecule has 1 atom stereocenters. The lowest BCUT2D eigenvalue weighted by atomic mass is 10.1. The van der Waals surface area contributed by atoms with Crippen LogP contribution in [-0.4, -0.2) is 53.5 Å². The Morgan fingerprint density at radius 3 is 2.65 bits per heavy atom. The zero-order chi connectivity index (χ0) is 16.1. The molecule has 0 radical (unpaired) electrons. The Bertz CT molecular complexity index is 615. The third kappa shape index (κ3) is 4.19. The summed E-state index contributed by atoms with van der Waals surface area (Å²) in [6.07, 6.45) is 0.467. The Hall–Kier alpha value is -1.69. The minimum atomic E-state index is -0.476. The number of hydrogen-bond donors (Lipinski definition) is 1. The van der Waals surface area contributed by atoms with Crippen molar-refractivity contribution < 1.29 is 9.90 Å². The Labute approximate surface area is 141 Å². The number of rotatable bonds is 4. The molecule has 1 aliphatic rings. The molecule has 3 rings (SSSR count). The van der Waals surface area contributed by atoms with E-state index in [9.17, 15) is 9.90 Å². The summed E-state index contributed by atoms with van der Waals surface area (Å²) in [6.45, 7) is 3.84. The van der Waals surface area contributed by atoms with Crippen molar-refractivity contribution in [2.75, 3.05) is 32.7 Å². The lowest BCUT2D eigenvalue weighted by Gasteiger charge is -2.24. The fourth-order valence-corrected chi connectivity index (χ4v) is 3.63. The molecule has 1 aliphatic heterocycles. The van der Waals surface area contributed by atoms with Crippen molar-refractivity contribution in [1.82, 2.24) is 9.80 Å². The quantitative estimate of drug-likeness (QED) is 0.937. The van der Waals surface area contributed by atoms with Gasteiger partial charge in [0, 0.05) is 32.7 Å². The van der Waals surface area contributed by atoms with E-state index in [-0.39, 0.29) is 5.91 Å². The van der Waals surface area contributed by atoms with Gasteiger partial charge in [0.15, 0.2) is 0 Å². The summed E-state index contributed by atoms with van der Waals surface area (Å²) in [7, 11) is 0. The van der Waals surface area contributed by atoms with Gasteiger partial charge < -0.3 is 10.0 Å². The van der Waals surface area contributed by atoms with Crippen molar-refractivity contribution in [2.24, 2.45) is 0 Å². The van der Waals surface area contributed by atoms with E-state index in [2.05, 4.69) is 4.90 Å². The topological polar surface area (TPSA) is 43.8 Å². The molecule has 1 fully saturated rings. The third-order valence-corrected chi connectivity index (χ3v) is 5.08. The first-order chi connectivity index (χ1) is 11.2. The van der Waals surface area contributed by atoms with Crippen LogP contribution in [0.4, 0.5) is 0 Å². The normalized spacial score (nSPS) is 17.7. The number of carbonyl (C=O) groups excluding carboxylic acids is 1. The average Bonchev–Trinajstić information content (AvgIpc) is 3.02. The predicted octanol–water partition coefficient (Wildman–Crippen LogP) is 2.63. The molecule has 5 heteroatoms. The first-order valence-corrected chi connectivity index (χ1v) is 8.90. The first-order valence-electron chi connectivity index (χ1n) is 8.02. The van der Waals surface area contributed by atoms with Crippen LogP contribution in [-0.2, 0) is 0 Å². The Kier molecular flexibility index (Phi) is 5.43. The van der Waals surface area contributed by atoms with Gasteiger partial charge in [0.1, 0.15) is 0 Å². The smallest absolute Gasteiger partial charge is 0.263 e. The van der Waals surface area contributed by atoms with E-state index >= 15 is 0 Å². The monoisotopic (exact) mass is 330 g/mol. The van der Waals surface area contributed by atoms with E-state index in [0.717, 1.165) is 43.0 Å². The standard InChI is InChI=1S/C18H22N2O2S/c21-16(15-6-2-1-3-7-15)14-19-9-5-10-20(12-11-19)18(22)17-8-4-13-23-17/h1-4,6-8,13,16,21H,5,9-12,14H2/t16-/m0/s1. The SMILES string of the molecule is O=C(c1cccs1)N1CCCN(C[C@H](O)c2ccccc2)CC1. The number of β-amino-alcohol motifs (C(OH)–C–C–N with tert-alkyl or cyclic N) is 1. The van der Waals surface area contributed by atoms with Crippen molar-refractivity contribution in [3.63, 3.8) is 0 Å². The highest BCUT2D eigenvalue weighted by Crippen LogP contribution is 2.17. The maximum Gasteiger partial charge on any atom is 0.263 e. The van der Waals surface area contributed by atoms with Crippen LogP contribution >= 0.6 is 11.3 Å². The molecule has 0 bridgehead atoms. The van der Waals surface area contributed by atoms with Gasteiger partial charge in [-0.25, -0.2) is 0 Å². The maximum absolute atomic E-state index is 12.4. The van der Waals surface area contributed by atoms with Crippen LogP contribution in [0.25, 0.3) is 0 Å². The minimum Gasteiger partial charge on any atom is -0.387 e. The van der Waals surface area contributed by atoms with E-state index in [1.54, 1.807) is 0 Å². The Morgan fingerprint density at radius 1 is 1.09 bits per heavy atom. The minimum absolute atomic E-state index is 0.130. The number of aliphatic hydroxyl groups excluding tert-OH is 1. The molecule has 0 aliphatic carbocycles. The molecule has 1 saturated heterocycles. The predicted molar refractivity (Wildman–Crippen MR) is 92.7 cm³/mol. The number of thiophene rings is 1. The summed E-state index contributed by atoms with van der Waals surface area (Å²) >= 11 is 1.50. The number of amides is 1. The van der Waals surface area contributed by atoms with E-state index < -0.39 is 6.10 Å². The lowest BCUT2D eigenvalue weighted by Crippen LogP contribution is -2.36.